The van der Waals surface area contributed by atoms with Crippen LogP contribution in [0.4, 0.5) is 0 Å². The Balaban J connectivity index is 2.83. The lowest BCUT2D eigenvalue weighted by molar-refractivity contribution is 1.12. The average Bonchev–Trinajstić information content (AvgIpc) is 1.38. The largest absolute Gasteiger partial charge is 0.110 e. The molecule has 0 nitrogen and oxygen atoms in total. The summed E-state index contributed by atoms with van der Waals surface area (Å²) in [7, 11) is 1.25. The van der Waals surface area contributed by atoms with Gasteiger partial charge < -0.3 is 0 Å². The van der Waals surface area contributed by atoms with Gasteiger partial charge in [-0.15, -0.1) is 8.20 Å². The van der Waals surface area contributed by atoms with Crippen LogP contribution in [0.2, 0.25) is 0 Å². The van der Waals surface area contributed by atoms with Crippen molar-refractivity contribution in [3.63, 3.8) is 0 Å². The Morgan fingerprint density at radius 3 is 1.80 bits per heavy atom. The van der Waals surface area contributed by atoms with E-state index in [0.717, 1.165) is 5.66 Å². The molecule has 0 aromatic rings. The van der Waals surface area contributed by atoms with Crippen LogP contribution in [0.1, 0.15) is 13.8 Å². The molecule has 0 aromatic carbocycles. The zero-order valence-electron chi connectivity index (χ0n) is 3.73. The van der Waals surface area contributed by atoms with E-state index in [0.29, 0.717) is 0 Å². The standard InChI is InChI=1S/C4H9P/c1-4(2)5-3/h4H,3H2,1-2H3. The van der Waals surface area contributed by atoms with E-state index in [4.69, 9.17) is 0 Å². The van der Waals surface area contributed by atoms with Crippen molar-refractivity contribution in [3.05, 3.63) is 0 Å². The molecule has 0 saturated carbocycles. The molecule has 0 saturated heterocycles. The van der Waals surface area contributed by atoms with Gasteiger partial charge in [0.1, 0.15) is 0 Å². The minimum Gasteiger partial charge on any atom is -0.110 e. The van der Waals surface area contributed by atoms with Crippen LogP contribution >= 0.6 is 8.20 Å². The van der Waals surface area contributed by atoms with Crippen molar-refractivity contribution in [2.75, 3.05) is 0 Å². The summed E-state index contributed by atoms with van der Waals surface area (Å²) in [5, 5.41) is 0. The zero-order valence-corrected chi connectivity index (χ0v) is 4.63. The van der Waals surface area contributed by atoms with E-state index in [1.165, 1.54) is 8.20 Å². The maximum absolute atomic E-state index is 3.66. The van der Waals surface area contributed by atoms with E-state index < -0.39 is 0 Å². The lowest BCUT2D eigenvalue weighted by Crippen LogP contribution is -1.72. The predicted molar refractivity (Wildman–Crippen MR) is 29.2 cm³/mol. The molecule has 0 rings (SSSR count). The van der Waals surface area contributed by atoms with Crippen molar-refractivity contribution in [2.45, 2.75) is 19.5 Å². The molecule has 0 atom stereocenters. The highest BCUT2D eigenvalue weighted by molar-refractivity contribution is 7.37. The smallest absolute Gasteiger partial charge is 0.00536 e. The lowest BCUT2D eigenvalue weighted by atomic mass is 10.6. The Morgan fingerprint density at radius 2 is 1.80 bits per heavy atom. The summed E-state index contributed by atoms with van der Waals surface area (Å²) in [4.78, 5) is 0. The van der Waals surface area contributed by atoms with E-state index in [1.807, 2.05) is 0 Å². The monoisotopic (exact) mass is 88.0 g/mol. The van der Waals surface area contributed by atoms with E-state index >= 15 is 0 Å². The quantitative estimate of drug-likeness (QED) is 0.428. The van der Waals surface area contributed by atoms with Crippen molar-refractivity contribution >= 4 is 14.5 Å². The predicted octanol–water partition coefficient (Wildman–Crippen LogP) is 1.77. The second kappa shape index (κ2) is 2.41. The topological polar surface area (TPSA) is 0 Å². The Morgan fingerprint density at radius 1 is 1.60 bits per heavy atom. The van der Waals surface area contributed by atoms with Gasteiger partial charge in [0.25, 0.3) is 0 Å². The maximum Gasteiger partial charge on any atom is -0.00536 e. The normalized spacial score (nSPS) is 10.2. The fourth-order valence-corrected chi connectivity index (χ4v) is 0. The van der Waals surface area contributed by atoms with Crippen LogP contribution in [0.3, 0.4) is 0 Å². The first-order valence-electron chi connectivity index (χ1n) is 1.73. The first-order chi connectivity index (χ1) is 2.27. The molecule has 0 amide bonds. The second-order valence-corrected chi connectivity index (χ2v) is 2.67. The molecule has 0 fully saturated rings. The van der Waals surface area contributed by atoms with Gasteiger partial charge in [0, 0.05) is 0 Å². The first-order valence-corrected chi connectivity index (χ1v) is 2.88. The van der Waals surface area contributed by atoms with Crippen LogP contribution < -0.4 is 0 Å². The van der Waals surface area contributed by atoms with E-state index in [-0.39, 0.29) is 0 Å². The fraction of sp³-hybridized carbons (Fsp3) is 0.750. The number of hydrogen-bond donors (Lipinski definition) is 0. The second-order valence-electron chi connectivity index (χ2n) is 1.28. The molecule has 1 heteroatoms. The third-order valence-electron chi connectivity index (χ3n) is 0.365. The van der Waals surface area contributed by atoms with Gasteiger partial charge >= 0.3 is 0 Å². The summed E-state index contributed by atoms with van der Waals surface area (Å²) in [5.74, 6) is 0. The van der Waals surface area contributed by atoms with Crippen molar-refractivity contribution in [1.29, 1.82) is 0 Å². The van der Waals surface area contributed by atoms with Crippen LogP contribution in [0.15, 0.2) is 0 Å². The van der Waals surface area contributed by atoms with Gasteiger partial charge in [-0.25, -0.2) is 0 Å². The Bertz CT molecular complexity index is 30.6. The molecule has 0 bridgehead atoms. The van der Waals surface area contributed by atoms with Gasteiger partial charge in [-0.05, 0) is 5.66 Å². The molecule has 0 spiro atoms. The highest BCUT2D eigenvalue weighted by Crippen LogP contribution is 1.99. The van der Waals surface area contributed by atoms with Crippen LogP contribution in [0.5, 0.6) is 0 Å². The summed E-state index contributed by atoms with van der Waals surface area (Å²) in [6.45, 7) is 4.29. The van der Waals surface area contributed by atoms with Crippen LogP contribution in [0.25, 0.3) is 0 Å². The third-order valence-corrected chi connectivity index (χ3v) is 1.10. The molecule has 0 aromatic heterocycles. The van der Waals surface area contributed by atoms with Gasteiger partial charge in [-0.3, -0.25) is 0 Å². The molecule has 0 radical (unpaired) electrons. The van der Waals surface area contributed by atoms with Gasteiger partial charge in [0.2, 0.25) is 0 Å². The first kappa shape index (κ1) is 5.17. The van der Waals surface area contributed by atoms with Crippen molar-refractivity contribution in [1.82, 2.24) is 0 Å². The summed E-state index contributed by atoms with van der Waals surface area (Å²) >= 11 is 0. The molecule has 0 unspecified atom stereocenters. The summed E-state index contributed by atoms with van der Waals surface area (Å²) in [5.41, 5.74) is 0.745. The van der Waals surface area contributed by atoms with Gasteiger partial charge in [0.05, 0.1) is 0 Å². The molecule has 0 aliphatic carbocycles. The molecular weight excluding hydrogens is 79.0 g/mol. The third kappa shape index (κ3) is 4.17. The van der Waals surface area contributed by atoms with Crippen LogP contribution in [-0.4, -0.2) is 12.0 Å². The molecule has 30 valence electrons. The molecular formula is C4H9P. The fourth-order valence-electron chi connectivity index (χ4n) is 0. The SMILES string of the molecule is C=PC(C)C. The van der Waals surface area contributed by atoms with E-state index in [9.17, 15) is 0 Å². The highest BCUT2D eigenvalue weighted by atomic mass is 31.1. The molecule has 0 aliphatic rings. The van der Waals surface area contributed by atoms with E-state index in [1.54, 1.807) is 0 Å². The van der Waals surface area contributed by atoms with Crippen LogP contribution in [0, 0.1) is 0 Å². The molecule has 0 N–H and O–H groups in total. The minimum atomic E-state index is 0.745. The summed E-state index contributed by atoms with van der Waals surface area (Å²) in [6.07, 6.45) is 3.66. The molecule has 0 aliphatic heterocycles. The van der Waals surface area contributed by atoms with Gasteiger partial charge in [-0.2, -0.15) is 0 Å². The lowest BCUT2D eigenvalue weighted by Gasteiger charge is -1.83. The Labute approximate surface area is 35.0 Å². The average molecular weight is 88.1 g/mol. The summed E-state index contributed by atoms with van der Waals surface area (Å²) < 4.78 is 0. The van der Waals surface area contributed by atoms with Gasteiger partial charge in [-0.1, -0.05) is 20.1 Å². The Kier molecular flexibility index (Phi) is 2.49. The molecule has 5 heavy (non-hydrogen) atoms. The Hall–Kier alpha value is 0.170. The van der Waals surface area contributed by atoms with E-state index in [2.05, 4.69) is 20.1 Å². The van der Waals surface area contributed by atoms with Gasteiger partial charge in [0.15, 0.2) is 0 Å². The van der Waals surface area contributed by atoms with Crippen molar-refractivity contribution in [2.24, 2.45) is 0 Å². The number of hydrogen-bond acceptors (Lipinski definition) is 0. The summed E-state index contributed by atoms with van der Waals surface area (Å²) in [6, 6.07) is 0. The van der Waals surface area contributed by atoms with Crippen molar-refractivity contribution in [3.8, 4) is 0 Å². The minimum absolute atomic E-state index is 0.745. The highest BCUT2D eigenvalue weighted by Gasteiger charge is 1.74. The number of rotatable bonds is 1. The van der Waals surface area contributed by atoms with Crippen LogP contribution in [-0.2, 0) is 0 Å². The molecule has 0 heterocycles. The van der Waals surface area contributed by atoms with Crippen molar-refractivity contribution < 1.29 is 0 Å². The zero-order chi connectivity index (χ0) is 4.28. The maximum atomic E-state index is 3.66.